The summed E-state index contributed by atoms with van der Waals surface area (Å²) in [4.78, 5) is 15.0. The van der Waals surface area contributed by atoms with Gasteiger partial charge in [-0.25, -0.2) is 8.42 Å². The summed E-state index contributed by atoms with van der Waals surface area (Å²) in [7, 11) is -2.68. The Morgan fingerprint density at radius 2 is 1.78 bits per heavy atom. The second-order valence-electron chi connectivity index (χ2n) is 7.36. The number of benzene rings is 3. The highest BCUT2D eigenvalue weighted by molar-refractivity contribution is 7.93. The van der Waals surface area contributed by atoms with Gasteiger partial charge in [-0.3, -0.25) is 9.10 Å². The first-order valence-electron chi connectivity index (χ1n) is 10.2. The molecule has 0 spiro atoms. The third-order valence-electron chi connectivity index (χ3n) is 5.24. The molecule has 1 heterocycles. The second kappa shape index (κ2) is 8.92. The fourth-order valence-corrected chi connectivity index (χ4v) is 5.31. The summed E-state index contributed by atoms with van der Waals surface area (Å²) in [5.74, 6) is 0.474. The lowest BCUT2D eigenvalue weighted by Gasteiger charge is -2.32. The summed E-state index contributed by atoms with van der Waals surface area (Å²) in [6.07, 6.45) is 0. The van der Waals surface area contributed by atoms with Gasteiger partial charge >= 0.3 is 0 Å². The summed E-state index contributed by atoms with van der Waals surface area (Å²) in [5.41, 5.74) is 1.79. The molecule has 0 aromatic heterocycles. The molecular formula is C24H24N2O5S. The van der Waals surface area contributed by atoms with Crippen molar-refractivity contribution in [1.82, 2.24) is 0 Å². The number of nitrogens with zero attached hydrogens (tertiary/aromatic N) is 2. The molecule has 0 aliphatic carbocycles. The molecule has 0 atom stereocenters. The van der Waals surface area contributed by atoms with Crippen molar-refractivity contribution in [2.45, 2.75) is 11.8 Å². The smallest absolute Gasteiger partial charge is 0.268 e. The molecule has 3 aromatic carbocycles. The number of aryl methyl sites for hydroxylation is 1. The lowest BCUT2D eigenvalue weighted by molar-refractivity contribution is -0.117. The van der Waals surface area contributed by atoms with Crippen LogP contribution in [0.15, 0.2) is 77.7 Å². The van der Waals surface area contributed by atoms with Gasteiger partial charge in [0.15, 0.2) is 0 Å². The first-order valence-corrected chi connectivity index (χ1v) is 11.6. The van der Waals surface area contributed by atoms with Gasteiger partial charge in [0.05, 0.1) is 25.0 Å². The maximum atomic E-state index is 13.8. The minimum Gasteiger partial charge on any atom is -0.495 e. The van der Waals surface area contributed by atoms with E-state index in [9.17, 15) is 13.2 Å². The number of carbonyl (C=O) groups is 1. The highest BCUT2D eigenvalue weighted by Crippen LogP contribution is 2.33. The second-order valence-corrected chi connectivity index (χ2v) is 9.19. The third kappa shape index (κ3) is 4.13. The molecule has 0 radical (unpaired) electrons. The summed E-state index contributed by atoms with van der Waals surface area (Å²) >= 11 is 0. The van der Waals surface area contributed by atoms with Crippen LogP contribution in [0.2, 0.25) is 0 Å². The number of rotatable bonds is 6. The van der Waals surface area contributed by atoms with Crippen LogP contribution in [0.25, 0.3) is 0 Å². The number of hydrogen-bond donors (Lipinski definition) is 0. The minimum absolute atomic E-state index is 0.0130. The Morgan fingerprint density at radius 3 is 2.53 bits per heavy atom. The van der Waals surface area contributed by atoms with Crippen molar-refractivity contribution >= 4 is 27.3 Å². The summed E-state index contributed by atoms with van der Waals surface area (Å²) in [6, 6.07) is 20.8. The number of hydrogen-bond acceptors (Lipinski definition) is 5. The van der Waals surface area contributed by atoms with Gasteiger partial charge in [0.1, 0.15) is 29.5 Å². The van der Waals surface area contributed by atoms with E-state index in [1.165, 1.54) is 7.11 Å². The van der Waals surface area contributed by atoms with Gasteiger partial charge in [0, 0.05) is 0 Å². The first-order chi connectivity index (χ1) is 15.4. The maximum Gasteiger partial charge on any atom is 0.268 e. The number of anilines is 2. The van der Waals surface area contributed by atoms with Crippen LogP contribution in [0.4, 0.5) is 11.4 Å². The number of sulfonamides is 1. The molecule has 1 amide bonds. The van der Waals surface area contributed by atoms with Crippen LogP contribution in [0.1, 0.15) is 5.56 Å². The van der Waals surface area contributed by atoms with Gasteiger partial charge in [-0.2, -0.15) is 0 Å². The van der Waals surface area contributed by atoms with Gasteiger partial charge in [-0.1, -0.05) is 36.4 Å². The van der Waals surface area contributed by atoms with E-state index in [-0.39, 0.29) is 23.1 Å². The van der Waals surface area contributed by atoms with Crippen molar-refractivity contribution < 1.29 is 22.7 Å². The molecule has 0 bridgehead atoms. The molecule has 7 nitrogen and oxygen atoms in total. The number of para-hydroxylation sites is 3. The van der Waals surface area contributed by atoms with Crippen LogP contribution in [0, 0.1) is 6.92 Å². The van der Waals surface area contributed by atoms with Gasteiger partial charge in [-0.05, 0) is 48.9 Å². The molecule has 32 heavy (non-hydrogen) atoms. The molecule has 8 heteroatoms. The van der Waals surface area contributed by atoms with Gasteiger partial charge in [-0.15, -0.1) is 0 Å². The predicted molar refractivity (Wildman–Crippen MR) is 123 cm³/mol. The Bertz CT molecular complexity index is 1230. The fraction of sp³-hybridized carbons (Fsp3) is 0.208. The van der Waals surface area contributed by atoms with Crippen molar-refractivity contribution in [3.05, 3.63) is 78.4 Å². The van der Waals surface area contributed by atoms with E-state index in [0.717, 1.165) is 9.87 Å². The average molecular weight is 453 g/mol. The van der Waals surface area contributed by atoms with Crippen molar-refractivity contribution in [2.24, 2.45) is 0 Å². The topological polar surface area (TPSA) is 76.2 Å². The Labute approximate surface area is 187 Å². The monoisotopic (exact) mass is 452 g/mol. The molecule has 0 N–H and O–H groups in total. The molecule has 4 rings (SSSR count). The van der Waals surface area contributed by atoms with E-state index in [1.54, 1.807) is 72.5 Å². The van der Waals surface area contributed by atoms with Crippen molar-refractivity contribution in [3.63, 3.8) is 0 Å². The van der Waals surface area contributed by atoms with Gasteiger partial charge in [0.25, 0.3) is 10.0 Å². The zero-order chi connectivity index (χ0) is 22.7. The van der Waals surface area contributed by atoms with Crippen LogP contribution in [0.3, 0.4) is 0 Å². The Balaban J connectivity index is 1.75. The summed E-state index contributed by atoms with van der Waals surface area (Å²) < 4.78 is 39.6. The number of ether oxygens (including phenoxy) is 2. The maximum absolute atomic E-state index is 13.8. The molecular weight excluding hydrogens is 428 g/mol. The molecule has 1 aliphatic rings. The number of amides is 1. The molecule has 0 saturated carbocycles. The number of methoxy groups -OCH3 is 1. The lowest BCUT2D eigenvalue weighted by Crippen LogP contribution is -2.46. The lowest BCUT2D eigenvalue weighted by atomic mass is 10.2. The predicted octanol–water partition coefficient (Wildman–Crippen LogP) is 3.62. The van der Waals surface area contributed by atoms with E-state index in [1.807, 2.05) is 12.1 Å². The quantitative estimate of drug-likeness (QED) is 0.571. The zero-order valence-electron chi connectivity index (χ0n) is 17.9. The standard InChI is InChI=1S/C24H24N2O5S/c1-18-12-13-22(30-2)23(16-18)32(28,29)26(19-8-4-3-5-9-19)17-24(27)25-14-15-31-21-11-7-6-10-20(21)25/h3-13,16H,14-15,17H2,1-2H3. The molecule has 166 valence electrons. The molecule has 0 fully saturated rings. The van der Waals surface area contributed by atoms with Crippen molar-refractivity contribution in [3.8, 4) is 11.5 Å². The summed E-state index contributed by atoms with van der Waals surface area (Å²) in [6.45, 7) is 2.12. The minimum atomic E-state index is -4.10. The fourth-order valence-electron chi connectivity index (χ4n) is 3.65. The zero-order valence-corrected chi connectivity index (χ0v) is 18.7. The van der Waals surface area contributed by atoms with Crippen molar-refractivity contribution in [2.75, 3.05) is 36.0 Å². The van der Waals surface area contributed by atoms with Crippen LogP contribution < -0.4 is 18.7 Å². The molecule has 0 unspecified atom stereocenters. The average Bonchev–Trinajstić information content (AvgIpc) is 2.82. The third-order valence-corrected chi connectivity index (χ3v) is 7.03. The SMILES string of the molecule is COc1ccc(C)cc1S(=O)(=O)N(CC(=O)N1CCOc2ccccc21)c1ccccc1. The number of fused-ring (bicyclic) bond motifs is 1. The number of carbonyl (C=O) groups excluding carboxylic acids is 1. The van der Waals surface area contributed by atoms with Crippen molar-refractivity contribution in [1.29, 1.82) is 0 Å². The van der Waals surface area contributed by atoms with E-state index in [0.29, 0.717) is 30.3 Å². The Kier molecular flexibility index (Phi) is 6.05. The normalized spacial score (nSPS) is 13.1. The first kappa shape index (κ1) is 21.7. The van der Waals surface area contributed by atoms with Crippen LogP contribution in [-0.4, -0.2) is 41.1 Å². The van der Waals surface area contributed by atoms with E-state index < -0.39 is 10.0 Å². The van der Waals surface area contributed by atoms with E-state index >= 15 is 0 Å². The van der Waals surface area contributed by atoms with Crippen LogP contribution in [-0.2, 0) is 14.8 Å². The van der Waals surface area contributed by atoms with E-state index in [4.69, 9.17) is 9.47 Å². The molecule has 0 saturated heterocycles. The summed E-state index contributed by atoms with van der Waals surface area (Å²) in [5, 5.41) is 0. The van der Waals surface area contributed by atoms with Crippen LogP contribution in [0.5, 0.6) is 11.5 Å². The largest absolute Gasteiger partial charge is 0.495 e. The van der Waals surface area contributed by atoms with Gasteiger partial charge in [0.2, 0.25) is 5.91 Å². The highest BCUT2D eigenvalue weighted by atomic mass is 32.2. The molecule has 3 aromatic rings. The van der Waals surface area contributed by atoms with Gasteiger partial charge < -0.3 is 14.4 Å². The Hall–Kier alpha value is -3.52. The highest BCUT2D eigenvalue weighted by Gasteiger charge is 2.33. The van der Waals surface area contributed by atoms with Crippen LogP contribution >= 0.6 is 0 Å². The Morgan fingerprint density at radius 1 is 1.06 bits per heavy atom. The molecule has 1 aliphatic heterocycles. The van der Waals surface area contributed by atoms with E-state index in [2.05, 4.69) is 0 Å².